The molecule has 0 atom stereocenters. The maximum Gasteiger partial charge on any atom is 0.460 e. The van der Waals surface area contributed by atoms with E-state index in [1.165, 1.54) is 0 Å². The molecule has 0 aliphatic carbocycles. The smallest absolute Gasteiger partial charge is 0.316 e. The summed E-state index contributed by atoms with van der Waals surface area (Å²) in [6.07, 6.45) is -15.4. The molecular weight excluding hydrogens is 659 g/mol. The molecule has 0 N–H and O–H groups in total. The van der Waals surface area contributed by atoms with Crippen molar-refractivity contribution in [1.82, 2.24) is 0 Å². The molecule has 0 aromatic carbocycles. The Morgan fingerprint density at radius 1 is 0.300 bits per heavy atom. The molecule has 0 saturated heterocycles. The molecule has 0 bridgehead atoms. The number of alkyl halides is 25. The fourth-order valence-corrected chi connectivity index (χ4v) is 2.16. The van der Waals surface area contributed by atoms with Crippen molar-refractivity contribution in [2.75, 3.05) is 6.61 Å². The zero-order chi connectivity index (χ0) is 33.4. The predicted octanol–water partition coefficient (Wildman–Crippen LogP) is 8.35. The Kier molecular flexibility index (Phi) is 8.94. The lowest BCUT2D eigenvalue weighted by molar-refractivity contribution is -0.489. The van der Waals surface area contributed by atoms with Gasteiger partial charge < -0.3 is 4.74 Å². The molecular formula is C14H4F25O. The second kappa shape index (κ2) is 9.36. The van der Waals surface area contributed by atoms with E-state index in [1.54, 1.807) is 0 Å². The molecule has 0 aromatic heterocycles. The molecule has 1 radical (unpaired) electrons. The first-order chi connectivity index (χ1) is 16.8. The van der Waals surface area contributed by atoms with Gasteiger partial charge >= 0.3 is 71.5 Å². The van der Waals surface area contributed by atoms with Crippen molar-refractivity contribution >= 4 is 0 Å². The van der Waals surface area contributed by atoms with E-state index < -0.39 is 78.1 Å². The molecule has 40 heavy (non-hydrogen) atoms. The third-order valence-corrected chi connectivity index (χ3v) is 4.55. The van der Waals surface area contributed by atoms with Gasteiger partial charge in [-0.2, -0.15) is 110 Å². The molecule has 0 saturated carbocycles. The van der Waals surface area contributed by atoms with Gasteiger partial charge in [-0.05, 0) is 6.92 Å². The molecule has 0 rings (SSSR count). The molecule has 241 valence electrons. The van der Waals surface area contributed by atoms with Crippen molar-refractivity contribution < 1.29 is 114 Å². The van der Waals surface area contributed by atoms with Crippen LogP contribution in [-0.2, 0) is 4.74 Å². The molecule has 0 unspecified atom stereocenters. The summed E-state index contributed by atoms with van der Waals surface area (Å²) >= 11 is 0. The summed E-state index contributed by atoms with van der Waals surface area (Å²) in [5, 5.41) is 0. The molecule has 0 aromatic rings. The predicted molar refractivity (Wildman–Crippen MR) is 71.8 cm³/mol. The van der Waals surface area contributed by atoms with Crippen molar-refractivity contribution in [3.63, 3.8) is 0 Å². The SMILES string of the molecule is [CH2]COC(F)(F)C(F)(F)C(F)(F)C(F)(F)C(F)(F)C(F)(F)C(F)(F)C(F)(F)C(F)(F)C(F)(F)C(F)(F)C(F)(F)F. The van der Waals surface area contributed by atoms with E-state index >= 15 is 0 Å². The van der Waals surface area contributed by atoms with Crippen LogP contribution in [0.25, 0.3) is 0 Å². The summed E-state index contributed by atoms with van der Waals surface area (Å²) in [7, 11) is 0. The van der Waals surface area contributed by atoms with Crippen molar-refractivity contribution in [2.45, 2.75) is 71.5 Å². The first kappa shape index (κ1) is 38.2. The van der Waals surface area contributed by atoms with Crippen molar-refractivity contribution in [3.05, 3.63) is 6.92 Å². The third kappa shape index (κ3) is 4.38. The van der Waals surface area contributed by atoms with Gasteiger partial charge in [0.2, 0.25) is 0 Å². The average molecular weight is 663 g/mol. The third-order valence-electron chi connectivity index (χ3n) is 4.55. The first-order valence-corrected chi connectivity index (χ1v) is 8.47. The molecule has 26 heteroatoms. The molecule has 0 fully saturated rings. The second-order valence-corrected chi connectivity index (χ2v) is 7.11. The summed E-state index contributed by atoms with van der Waals surface area (Å²) in [5.74, 6) is -91.7. The Morgan fingerprint density at radius 3 is 0.650 bits per heavy atom. The zero-order valence-corrected chi connectivity index (χ0v) is 17.3. The first-order valence-electron chi connectivity index (χ1n) is 8.47. The van der Waals surface area contributed by atoms with E-state index in [2.05, 4.69) is 11.7 Å². The topological polar surface area (TPSA) is 9.23 Å². The highest BCUT2D eigenvalue weighted by Gasteiger charge is 2.99. The van der Waals surface area contributed by atoms with Gasteiger partial charge in [-0.15, -0.1) is 0 Å². The Labute approximate surface area is 201 Å². The lowest BCUT2D eigenvalue weighted by atomic mass is 9.85. The van der Waals surface area contributed by atoms with Crippen molar-refractivity contribution in [2.24, 2.45) is 0 Å². The lowest BCUT2D eigenvalue weighted by Crippen LogP contribution is -2.78. The van der Waals surface area contributed by atoms with Crippen molar-refractivity contribution in [1.29, 1.82) is 0 Å². The molecule has 1 nitrogen and oxygen atoms in total. The van der Waals surface area contributed by atoms with Crippen LogP contribution in [0.15, 0.2) is 0 Å². The van der Waals surface area contributed by atoms with Crippen LogP contribution in [0.2, 0.25) is 0 Å². The summed E-state index contributed by atoms with van der Waals surface area (Å²) in [6, 6.07) is 0. The van der Waals surface area contributed by atoms with Crippen LogP contribution in [0.3, 0.4) is 0 Å². The summed E-state index contributed by atoms with van der Waals surface area (Å²) in [4.78, 5) is 0. The highest BCUT2D eigenvalue weighted by atomic mass is 19.4. The maximum atomic E-state index is 13.5. The van der Waals surface area contributed by atoms with E-state index in [1.807, 2.05) is 0 Å². The fourth-order valence-electron chi connectivity index (χ4n) is 2.16. The van der Waals surface area contributed by atoms with E-state index in [0.717, 1.165) is 0 Å². The molecule has 0 aliphatic heterocycles. The standard InChI is InChI=1S/C14H4F25O/c1-2-40-14(38,39)12(33,34)10(29,30)8(25,26)6(21,22)4(17,18)3(15,16)5(19,20)7(23,24)9(27,28)11(31,32)13(35,36)37/h1-2H2. The Bertz CT molecular complexity index is 909. The van der Waals surface area contributed by atoms with Crippen LogP contribution in [0.1, 0.15) is 0 Å². The second-order valence-electron chi connectivity index (χ2n) is 7.11. The van der Waals surface area contributed by atoms with Crippen LogP contribution in [0.5, 0.6) is 0 Å². The van der Waals surface area contributed by atoms with Gasteiger partial charge in [0.05, 0.1) is 6.61 Å². The monoisotopic (exact) mass is 663 g/mol. The highest BCUT2D eigenvalue weighted by Crippen LogP contribution is 2.67. The number of rotatable bonds is 12. The van der Waals surface area contributed by atoms with Crippen LogP contribution in [-0.4, -0.2) is 78.1 Å². The fraction of sp³-hybridized carbons (Fsp3) is 0.929. The van der Waals surface area contributed by atoms with Crippen LogP contribution in [0.4, 0.5) is 110 Å². The zero-order valence-electron chi connectivity index (χ0n) is 17.3. The Hall–Kier alpha value is -1.79. The van der Waals surface area contributed by atoms with Gasteiger partial charge in [0.25, 0.3) is 0 Å². The van der Waals surface area contributed by atoms with E-state index in [-0.39, 0.29) is 0 Å². The maximum absolute atomic E-state index is 13.5. The number of hydrogen-bond acceptors (Lipinski definition) is 1. The summed E-state index contributed by atoms with van der Waals surface area (Å²) in [5.41, 5.74) is 0. The van der Waals surface area contributed by atoms with Crippen LogP contribution in [0, 0.1) is 6.92 Å². The quantitative estimate of drug-likeness (QED) is 0.191. The molecule has 0 amide bonds. The average Bonchev–Trinajstić information content (AvgIpc) is 2.71. The Balaban J connectivity index is 7.30. The number of hydrogen-bond donors (Lipinski definition) is 0. The summed E-state index contributed by atoms with van der Waals surface area (Å²) < 4.78 is 330. The normalized spacial score (nSPS) is 16.9. The Morgan fingerprint density at radius 2 is 0.475 bits per heavy atom. The highest BCUT2D eigenvalue weighted by molar-refractivity contribution is 5.19. The number of ether oxygens (including phenoxy) is 1. The van der Waals surface area contributed by atoms with Gasteiger partial charge in [0, 0.05) is 0 Å². The molecule has 0 heterocycles. The van der Waals surface area contributed by atoms with Gasteiger partial charge in [0.15, 0.2) is 0 Å². The van der Waals surface area contributed by atoms with Crippen LogP contribution >= 0.6 is 0 Å². The minimum absolute atomic E-state index is 2.08. The van der Waals surface area contributed by atoms with Gasteiger partial charge in [-0.3, -0.25) is 0 Å². The van der Waals surface area contributed by atoms with E-state index in [0.29, 0.717) is 0 Å². The van der Waals surface area contributed by atoms with E-state index in [9.17, 15) is 110 Å². The van der Waals surface area contributed by atoms with E-state index in [4.69, 9.17) is 0 Å². The largest absolute Gasteiger partial charge is 0.460 e. The van der Waals surface area contributed by atoms with Gasteiger partial charge in [-0.25, -0.2) is 0 Å². The molecule has 0 spiro atoms. The lowest BCUT2D eigenvalue weighted by Gasteiger charge is -2.45. The number of halogens is 25. The summed E-state index contributed by atoms with van der Waals surface area (Å²) in [6.45, 7) is -0.0973. The van der Waals surface area contributed by atoms with Crippen LogP contribution < -0.4 is 0 Å². The molecule has 0 aliphatic rings. The van der Waals surface area contributed by atoms with Gasteiger partial charge in [-0.1, -0.05) is 0 Å². The minimum atomic E-state index is -9.60. The van der Waals surface area contributed by atoms with Gasteiger partial charge in [0.1, 0.15) is 0 Å². The van der Waals surface area contributed by atoms with Crippen molar-refractivity contribution in [3.8, 4) is 0 Å². The minimum Gasteiger partial charge on any atom is -0.316 e.